The monoisotopic (exact) mass is 387 g/mol. The molecule has 1 aliphatic heterocycles. The SMILES string of the molecule is COc1cc(C)c(C[C@H]2SC(=O)N(c3ccccc3OC)C2=O)cc1OC. The lowest BCUT2D eigenvalue weighted by molar-refractivity contribution is -0.117. The number of aryl methyl sites for hydroxylation is 1. The van der Waals surface area contributed by atoms with E-state index in [2.05, 4.69) is 0 Å². The van der Waals surface area contributed by atoms with E-state index in [4.69, 9.17) is 14.2 Å². The van der Waals surface area contributed by atoms with E-state index in [0.717, 1.165) is 22.9 Å². The number of thioether (sulfide) groups is 1. The van der Waals surface area contributed by atoms with E-state index in [1.165, 1.54) is 12.0 Å². The second kappa shape index (κ2) is 7.92. The molecule has 6 nitrogen and oxygen atoms in total. The second-order valence-electron chi connectivity index (χ2n) is 6.06. The minimum Gasteiger partial charge on any atom is -0.495 e. The van der Waals surface area contributed by atoms with Gasteiger partial charge in [-0.3, -0.25) is 9.59 Å². The highest BCUT2D eigenvalue weighted by Gasteiger charge is 2.41. The highest BCUT2D eigenvalue weighted by molar-refractivity contribution is 8.15. The second-order valence-corrected chi connectivity index (χ2v) is 7.21. The van der Waals surface area contributed by atoms with Gasteiger partial charge in [-0.05, 0) is 48.7 Å². The molecule has 27 heavy (non-hydrogen) atoms. The zero-order valence-electron chi connectivity index (χ0n) is 15.6. The smallest absolute Gasteiger partial charge is 0.293 e. The molecule has 0 spiro atoms. The van der Waals surface area contributed by atoms with Gasteiger partial charge in [-0.15, -0.1) is 0 Å². The summed E-state index contributed by atoms with van der Waals surface area (Å²) in [6.07, 6.45) is 0.424. The van der Waals surface area contributed by atoms with Gasteiger partial charge in [-0.2, -0.15) is 0 Å². The van der Waals surface area contributed by atoms with Crippen molar-refractivity contribution in [2.24, 2.45) is 0 Å². The normalized spacial score (nSPS) is 16.6. The summed E-state index contributed by atoms with van der Waals surface area (Å²) in [5.74, 6) is 1.48. The van der Waals surface area contributed by atoms with Gasteiger partial charge in [-0.25, -0.2) is 4.90 Å². The number of benzene rings is 2. The number of para-hydroxylation sites is 2. The third kappa shape index (κ3) is 3.60. The molecule has 1 saturated heterocycles. The number of rotatable bonds is 6. The summed E-state index contributed by atoms with van der Waals surface area (Å²) < 4.78 is 16.0. The van der Waals surface area contributed by atoms with Crippen molar-refractivity contribution < 1.29 is 23.8 Å². The Morgan fingerprint density at radius 2 is 1.59 bits per heavy atom. The molecule has 0 aromatic heterocycles. The van der Waals surface area contributed by atoms with Crippen LogP contribution in [0.5, 0.6) is 17.2 Å². The fraction of sp³-hybridized carbons (Fsp3) is 0.300. The molecule has 1 heterocycles. The Balaban J connectivity index is 1.88. The molecule has 2 aromatic rings. The van der Waals surface area contributed by atoms with E-state index in [-0.39, 0.29) is 11.1 Å². The number of ether oxygens (including phenoxy) is 3. The maximum atomic E-state index is 13.0. The van der Waals surface area contributed by atoms with Crippen LogP contribution in [0.15, 0.2) is 36.4 Å². The van der Waals surface area contributed by atoms with Crippen molar-refractivity contribution in [3.63, 3.8) is 0 Å². The van der Waals surface area contributed by atoms with Crippen LogP contribution in [0.2, 0.25) is 0 Å². The Morgan fingerprint density at radius 3 is 2.26 bits per heavy atom. The first-order valence-corrected chi connectivity index (χ1v) is 9.27. The maximum Gasteiger partial charge on any atom is 0.293 e. The number of methoxy groups -OCH3 is 3. The first kappa shape index (κ1) is 19.1. The predicted octanol–water partition coefficient (Wildman–Crippen LogP) is 3.83. The zero-order chi connectivity index (χ0) is 19.6. The van der Waals surface area contributed by atoms with Gasteiger partial charge in [0.1, 0.15) is 5.75 Å². The van der Waals surface area contributed by atoms with Crippen LogP contribution in [0.3, 0.4) is 0 Å². The molecule has 0 unspecified atom stereocenters. The van der Waals surface area contributed by atoms with E-state index < -0.39 is 5.25 Å². The zero-order valence-corrected chi connectivity index (χ0v) is 16.5. The first-order chi connectivity index (χ1) is 13.0. The molecule has 142 valence electrons. The largest absolute Gasteiger partial charge is 0.495 e. The number of carbonyl (C=O) groups is 2. The van der Waals surface area contributed by atoms with Gasteiger partial charge in [0.2, 0.25) is 5.91 Å². The van der Waals surface area contributed by atoms with Crippen molar-refractivity contribution >= 4 is 28.6 Å². The Morgan fingerprint density at radius 1 is 0.963 bits per heavy atom. The highest BCUT2D eigenvalue weighted by atomic mass is 32.2. The van der Waals surface area contributed by atoms with Crippen LogP contribution in [0.25, 0.3) is 0 Å². The molecule has 0 radical (unpaired) electrons. The number of nitrogens with zero attached hydrogens (tertiary/aromatic N) is 1. The molecule has 3 rings (SSSR count). The number of imide groups is 1. The number of carbonyl (C=O) groups excluding carboxylic acids is 2. The molecule has 0 bridgehead atoms. The average Bonchev–Trinajstić information content (AvgIpc) is 2.96. The van der Waals surface area contributed by atoms with Crippen molar-refractivity contribution in [2.75, 3.05) is 26.2 Å². The Kier molecular flexibility index (Phi) is 5.60. The van der Waals surface area contributed by atoms with Crippen molar-refractivity contribution in [2.45, 2.75) is 18.6 Å². The van der Waals surface area contributed by atoms with Crippen molar-refractivity contribution in [1.82, 2.24) is 0 Å². The highest BCUT2D eigenvalue weighted by Crippen LogP contribution is 2.39. The van der Waals surface area contributed by atoms with Crippen molar-refractivity contribution in [3.05, 3.63) is 47.5 Å². The summed E-state index contributed by atoms with van der Waals surface area (Å²) >= 11 is 1.03. The lowest BCUT2D eigenvalue weighted by Gasteiger charge is -2.17. The third-order valence-electron chi connectivity index (χ3n) is 4.49. The molecule has 7 heteroatoms. The van der Waals surface area contributed by atoms with Crippen LogP contribution >= 0.6 is 11.8 Å². The minimum absolute atomic E-state index is 0.247. The molecule has 0 saturated carbocycles. The van der Waals surface area contributed by atoms with Crippen molar-refractivity contribution in [1.29, 1.82) is 0 Å². The predicted molar refractivity (Wildman–Crippen MR) is 105 cm³/mol. The van der Waals surface area contributed by atoms with Gasteiger partial charge in [-0.1, -0.05) is 23.9 Å². The summed E-state index contributed by atoms with van der Waals surface area (Å²) in [5.41, 5.74) is 2.38. The topological polar surface area (TPSA) is 65.1 Å². The third-order valence-corrected chi connectivity index (χ3v) is 5.53. The standard InChI is InChI=1S/C20H21NO5S/c1-12-9-16(25-3)17(26-4)10-13(12)11-18-19(22)21(20(23)27-18)14-7-5-6-8-15(14)24-2/h5-10,18H,11H2,1-4H3/t18-/m1/s1. The van der Waals surface area contributed by atoms with Gasteiger partial charge in [0.05, 0.1) is 32.3 Å². The average molecular weight is 387 g/mol. The first-order valence-electron chi connectivity index (χ1n) is 8.39. The summed E-state index contributed by atoms with van der Waals surface area (Å²) in [4.78, 5) is 26.7. The van der Waals surface area contributed by atoms with Crippen LogP contribution in [-0.4, -0.2) is 37.7 Å². The minimum atomic E-state index is -0.501. The number of hydrogen-bond donors (Lipinski definition) is 0. The molecule has 2 amide bonds. The Labute approximate surface area is 162 Å². The van der Waals surface area contributed by atoms with Crippen LogP contribution in [-0.2, 0) is 11.2 Å². The molecule has 2 aromatic carbocycles. The number of anilines is 1. The van der Waals surface area contributed by atoms with E-state index in [1.54, 1.807) is 38.5 Å². The maximum absolute atomic E-state index is 13.0. The fourth-order valence-corrected chi connectivity index (χ4v) is 4.07. The van der Waals surface area contributed by atoms with Crippen LogP contribution in [0, 0.1) is 6.92 Å². The molecule has 1 fully saturated rings. The van der Waals surface area contributed by atoms with Gasteiger partial charge in [0.15, 0.2) is 11.5 Å². The molecule has 1 atom stereocenters. The van der Waals surface area contributed by atoms with Crippen LogP contribution in [0.4, 0.5) is 10.5 Å². The Bertz CT molecular complexity index is 883. The van der Waals surface area contributed by atoms with Gasteiger partial charge >= 0.3 is 0 Å². The summed E-state index contributed by atoms with van der Waals surface area (Å²) in [7, 11) is 4.66. The summed E-state index contributed by atoms with van der Waals surface area (Å²) in [6.45, 7) is 1.95. The van der Waals surface area contributed by atoms with Gasteiger partial charge < -0.3 is 14.2 Å². The van der Waals surface area contributed by atoms with Gasteiger partial charge in [0.25, 0.3) is 5.24 Å². The quantitative estimate of drug-likeness (QED) is 0.751. The number of hydrogen-bond acceptors (Lipinski definition) is 6. The molecule has 0 N–H and O–H groups in total. The number of amides is 2. The summed E-state index contributed by atoms with van der Waals surface area (Å²) in [5, 5.41) is -0.799. The van der Waals surface area contributed by atoms with Crippen LogP contribution < -0.4 is 19.1 Å². The van der Waals surface area contributed by atoms with Crippen LogP contribution in [0.1, 0.15) is 11.1 Å². The van der Waals surface area contributed by atoms with E-state index in [9.17, 15) is 9.59 Å². The van der Waals surface area contributed by atoms with E-state index in [1.807, 2.05) is 19.1 Å². The molecule has 1 aliphatic rings. The van der Waals surface area contributed by atoms with Gasteiger partial charge in [0, 0.05) is 0 Å². The molecule has 0 aliphatic carbocycles. The van der Waals surface area contributed by atoms with Crippen molar-refractivity contribution in [3.8, 4) is 17.2 Å². The Hall–Kier alpha value is -2.67. The van der Waals surface area contributed by atoms with E-state index in [0.29, 0.717) is 29.4 Å². The fourth-order valence-electron chi connectivity index (χ4n) is 3.06. The summed E-state index contributed by atoms with van der Waals surface area (Å²) in [6, 6.07) is 10.7. The van der Waals surface area contributed by atoms with E-state index >= 15 is 0 Å². The molecular weight excluding hydrogens is 366 g/mol. The lowest BCUT2D eigenvalue weighted by atomic mass is 10.0. The lowest BCUT2D eigenvalue weighted by Crippen LogP contribution is -2.32. The molecular formula is C20H21NO5S.